The molecule has 0 bridgehead atoms. The van der Waals surface area contributed by atoms with Crippen LogP contribution in [0.1, 0.15) is 45.9 Å². The molecule has 0 unspecified atom stereocenters. The molecule has 0 fully saturated rings. The number of thioether (sulfide) groups is 1. The molecule has 2 heterocycles. The third-order valence-corrected chi connectivity index (χ3v) is 7.10. The highest BCUT2D eigenvalue weighted by atomic mass is 32.2. The number of imide groups is 1. The third-order valence-electron chi connectivity index (χ3n) is 6.28. The van der Waals surface area contributed by atoms with Crippen molar-refractivity contribution in [1.82, 2.24) is 15.1 Å². The number of anilines is 1. The van der Waals surface area contributed by atoms with Crippen molar-refractivity contribution in [2.45, 2.75) is 30.9 Å². The standard InChI is InChI=1S/C27H23N5O6S/c33-22(28-20-12-3-4-13-21(20)32(36)37)16-39-27-30-29-23(38-27)14-2-1-5-15-31-25(34)18-10-6-8-17-9-7-11-19(24(17)18)26(31)35/h3-4,6-13H,1-2,5,14-16H2,(H,28,33). The molecule has 1 aliphatic heterocycles. The predicted octanol–water partition coefficient (Wildman–Crippen LogP) is 4.87. The van der Waals surface area contributed by atoms with E-state index in [9.17, 15) is 24.5 Å². The van der Waals surface area contributed by atoms with E-state index in [1.165, 1.54) is 23.1 Å². The Labute approximate surface area is 226 Å². The van der Waals surface area contributed by atoms with Crippen molar-refractivity contribution in [3.05, 3.63) is 87.8 Å². The highest BCUT2D eigenvalue weighted by molar-refractivity contribution is 7.99. The number of rotatable bonds is 11. The molecule has 0 aliphatic carbocycles. The summed E-state index contributed by atoms with van der Waals surface area (Å²) < 4.78 is 5.58. The molecule has 0 spiro atoms. The van der Waals surface area contributed by atoms with Crippen LogP contribution in [0.25, 0.3) is 10.8 Å². The number of aryl methyl sites for hydroxylation is 1. The Balaban J connectivity index is 1.06. The Morgan fingerprint density at radius 2 is 1.67 bits per heavy atom. The zero-order chi connectivity index (χ0) is 27.4. The van der Waals surface area contributed by atoms with Crippen LogP contribution in [0.15, 0.2) is 70.3 Å². The Morgan fingerprint density at radius 1 is 0.949 bits per heavy atom. The van der Waals surface area contributed by atoms with Gasteiger partial charge in [-0.1, -0.05) is 54.6 Å². The number of hydrogen-bond donors (Lipinski definition) is 1. The molecule has 3 aromatic carbocycles. The molecule has 1 aromatic heterocycles. The topological polar surface area (TPSA) is 149 Å². The number of nitrogens with one attached hydrogen (secondary N) is 1. The van der Waals surface area contributed by atoms with Crippen molar-refractivity contribution in [2.24, 2.45) is 0 Å². The van der Waals surface area contributed by atoms with E-state index >= 15 is 0 Å². The SMILES string of the molecule is O=C(CSc1nnc(CCCCCN2C(=O)c3cccc4cccc(c34)C2=O)o1)Nc1ccccc1[N+](=O)[O-]. The summed E-state index contributed by atoms with van der Waals surface area (Å²) in [5.74, 6) is -0.609. The van der Waals surface area contributed by atoms with Gasteiger partial charge in [0.05, 0.1) is 10.7 Å². The van der Waals surface area contributed by atoms with Gasteiger partial charge >= 0.3 is 0 Å². The first-order valence-corrected chi connectivity index (χ1v) is 13.3. The molecule has 5 rings (SSSR count). The van der Waals surface area contributed by atoms with Crippen LogP contribution in [0.3, 0.4) is 0 Å². The number of nitrogens with zero attached hydrogens (tertiary/aromatic N) is 4. The molecule has 39 heavy (non-hydrogen) atoms. The minimum atomic E-state index is -0.561. The summed E-state index contributed by atoms with van der Waals surface area (Å²) in [5.41, 5.74) is 1.03. The van der Waals surface area contributed by atoms with E-state index in [0.717, 1.165) is 29.0 Å². The number of aromatic nitrogens is 2. The van der Waals surface area contributed by atoms with E-state index in [-0.39, 0.29) is 34.2 Å². The summed E-state index contributed by atoms with van der Waals surface area (Å²) in [5, 5.41) is 23.4. The Hall–Kier alpha value is -4.58. The van der Waals surface area contributed by atoms with Crippen molar-refractivity contribution in [2.75, 3.05) is 17.6 Å². The number of para-hydroxylation sites is 2. The van der Waals surface area contributed by atoms with Gasteiger partial charge in [0.1, 0.15) is 5.69 Å². The molecule has 0 saturated carbocycles. The molecule has 0 atom stereocenters. The van der Waals surface area contributed by atoms with Gasteiger partial charge in [0.2, 0.25) is 11.8 Å². The average Bonchev–Trinajstić information content (AvgIpc) is 3.40. The van der Waals surface area contributed by atoms with Crippen LogP contribution in [-0.2, 0) is 11.2 Å². The third kappa shape index (κ3) is 5.65. The lowest BCUT2D eigenvalue weighted by Gasteiger charge is -2.27. The van der Waals surface area contributed by atoms with Gasteiger partial charge < -0.3 is 9.73 Å². The molecule has 3 amide bonds. The lowest BCUT2D eigenvalue weighted by Crippen LogP contribution is -2.40. The van der Waals surface area contributed by atoms with Gasteiger partial charge in [-0.3, -0.25) is 29.4 Å². The van der Waals surface area contributed by atoms with E-state index < -0.39 is 10.8 Å². The summed E-state index contributed by atoms with van der Waals surface area (Å²) >= 11 is 1.03. The smallest absolute Gasteiger partial charge is 0.292 e. The van der Waals surface area contributed by atoms with Crippen LogP contribution in [0.5, 0.6) is 0 Å². The molecule has 198 valence electrons. The second-order valence-corrected chi connectivity index (χ2v) is 9.78. The van der Waals surface area contributed by atoms with Gasteiger partial charge in [0.25, 0.3) is 22.7 Å². The highest BCUT2D eigenvalue weighted by Gasteiger charge is 2.32. The normalized spacial score (nSPS) is 12.7. The number of nitro groups is 1. The van der Waals surface area contributed by atoms with Crippen molar-refractivity contribution in [1.29, 1.82) is 0 Å². The Morgan fingerprint density at radius 3 is 2.38 bits per heavy atom. The Kier molecular flexibility index (Phi) is 7.64. The van der Waals surface area contributed by atoms with Crippen LogP contribution >= 0.6 is 11.8 Å². The van der Waals surface area contributed by atoms with Crippen LogP contribution in [0, 0.1) is 10.1 Å². The number of nitro benzene ring substituents is 1. The number of carbonyl (C=O) groups is 3. The lowest BCUT2D eigenvalue weighted by atomic mass is 9.94. The van der Waals surface area contributed by atoms with Crippen LogP contribution in [0.2, 0.25) is 0 Å². The summed E-state index contributed by atoms with van der Waals surface area (Å²) in [6, 6.07) is 16.9. The summed E-state index contributed by atoms with van der Waals surface area (Å²) in [6.07, 6.45) is 2.61. The quantitative estimate of drug-likeness (QED) is 0.0915. The van der Waals surface area contributed by atoms with Gasteiger partial charge in [-0.25, -0.2) is 0 Å². The molecular weight excluding hydrogens is 522 g/mol. The second kappa shape index (κ2) is 11.4. The van der Waals surface area contributed by atoms with Crippen molar-refractivity contribution in [3.63, 3.8) is 0 Å². The Bertz CT molecular complexity index is 1540. The van der Waals surface area contributed by atoms with Crippen molar-refractivity contribution in [3.8, 4) is 0 Å². The summed E-state index contributed by atoms with van der Waals surface area (Å²) in [6.45, 7) is 0.321. The first-order valence-electron chi connectivity index (χ1n) is 12.3. The molecule has 11 nitrogen and oxygen atoms in total. The number of unbranched alkanes of at least 4 members (excludes halogenated alkanes) is 2. The number of carbonyl (C=O) groups excluding carboxylic acids is 3. The first kappa shape index (κ1) is 26.0. The largest absolute Gasteiger partial charge is 0.416 e. The fraction of sp³-hybridized carbons (Fsp3) is 0.222. The van der Waals surface area contributed by atoms with E-state index in [1.54, 1.807) is 18.2 Å². The predicted molar refractivity (Wildman–Crippen MR) is 144 cm³/mol. The number of benzene rings is 3. The minimum Gasteiger partial charge on any atom is -0.416 e. The molecule has 12 heteroatoms. The van der Waals surface area contributed by atoms with Gasteiger partial charge in [-0.2, -0.15) is 0 Å². The average molecular weight is 546 g/mol. The van der Waals surface area contributed by atoms with Gasteiger partial charge in [-0.05, 0) is 36.4 Å². The molecule has 4 aromatic rings. The zero-order valence-corrected chi connectivity index (χ0v) is 21.5. The number of hydrogen-bond acceptors (Lipinski definition) is 9. The summed E-state index contributed by atoms with van der Waals surface area (Å²) in [4.78, 5) is 50.0. The second-order valence-electron chi connectivity index (χ2n) is 8.85. The van der Waals surface area contributed by atoms with E-state index in [0.29, 0.717) is 42.8 Å². The van der Waals surface area contributed by atoms with Crippen molar-refractivity contribution >= 4 is 51.6 Å². The maximum Gasteiger partial charge on any atom is 0.292 e. The molecule has 1 aliphatic rings. The first-order chi connectivity index (χ1) is 18.9. The molecule has 0 saturated heterocycles. The van der Waals surface area contributed by atoms with E-state index in [2.05, 4.69) is 15.5 Å². The molecule has 0 radical (unpaired) electrons. The maximum atomic E-state index is 13.0. The zero-order valence-electron chi connectivity index (χ0n) is 20.7. The molecule has 1 N–H and O–H groups in total. The minimum absolute atomic E-state index is 0.0532. The monoisotopic (exact) mass is 545 g/mol. The highest BCUT2D eigenvalue weighted by Crippen LogP contribution is 2.30. The van der Waals surface area contributed by atoms with E-state index in [4.69, 9.17) is 4.42 Å². The van der Waals surface area contributed by atoms with Gasteiger partial charge in [0.15, 0.2) is 0 Å². The van der Waals surface area contributed by atoms with Crippen LogP contribution < -0.4 is 5.32 Å². The van der Waals surface area contributed by atoms with Crippen LogP contribution in [-0.4, -0.2) is 50.0 Å². The fourth-order valence-electron chi connectivity index (χ4n) is 4.46. The number of amides is 3. The lowest BCUT2D eigenvalue weighted by molar-refractivity contribution is -0.383. The maximum absolute atomic E-state index is 13.0. The van der Waals surface area contributed by atoms with Crippen molar-refractivity contribution < 1.29 is 23.7 Å². The fourth-order valence-corrected chi connectivity index (χ4v) is 5.04. The van der Waals surface area contributed by atoms with Gasteiger partial charge in [0, 0.05) is 35.5 Å². The van der Waals surface area contributed by atoms with E-state index in [1.807, 2.05) is 24.3 Å². The van der Waals surface area contributed by atoms with Crippen LogP contribution in [0.4, 0.5) is 11.4 Å². The molecular formula is C27H23N5O6S. The summed E-state index contributed by atoms with van der Waals surface area (Å²) in [7, 11) is 0. The van der Waals surface area contributed by atoms with Gasteiger partial charge in [-0.15, -0.1) is 10.2 Å².